The number of ether oxygens (including phenoxy) is 1. The average molecular weight is 252 g/mol. The molecule has 2 rings (SSSR count). The topological polar surface area (TPSA) is 76.7 Å². The summed E-state index contributed by atoms with van der Waals surface area (Å²) in [6.45, 7) is 0. The number of hydrogen-bond donors (Lipinski definition) is 1. The van der Waals surface area contributed by atoms with Crippen molar-refractivity contribution in [3.05, 3.63) is 40.0 Å². The summed E-state index contributed by atoms with van der Waals surface area (Å²) in [7, 11) is 1.51. The third kappa shape index (κ3) is 2.21. The van der Waals surface area contributed by atoms with Crippen LogP contribution in [0.25, 0.3) is 0 Å². The normalized spacial score (nSPS) is 10.2. The Morgan fingerprint density at radius 3 is 2.59 bits per heavy atom. The maximum atomic E-state index is 11.9. The van der Waals surface area contributed by atoms with Crippen LogP contribution in [0.5, 0.6) is 5.75 Å². The lowest BCUT2D eigenvalue weighted by molar-refractivity contribution is 0.0660. The van der Waals surface area contributed by atoms with Crippen LogP contribution in [0.2, 0.25) is 0 Å². The zero-order valence-electron chi connectivity index (χ0n) is 8.80. The minimum Gasteiger partial charge on any atom is -0.496 e. The number of hydrogen-bond acceptors (Lipinski definition) is 5. The number of carbonyl (C=O) groups is 2. The van der Waals surface area contributed by atoms with Gasteiger partial charge < -0.3 is 14.3 Å². The van der Waals surface area contributed by atoms with Gasteiger partial charge in [0.1, 0.15) is 5.75 Å². The summed E-state index contributed by atoms with van der Waals surface area (Å²) < 4.78 is 9.88. The molecule has 0 saturated carbocycles. The molecule has 17 heavy (non-hydrogen) atoms. The molecule has 0 saturated heterocycles. The van der Waals surface area contributed by atoms with E-state index < -0.39 is 5.97 Å². The van der Waals surface area contributed by atoms with Crippen LogP contribution in [0.1, 0.15) is 26.0 Å². The van der Waals surface area contributed by atoms with Crippen molar-refractivity contribution in [3.63, 3.8) is 0 Å². The van der Waals surface area contributed by atoms with Crippen molar-refractivity contribution >= 4 is 23.1 Å². The molecule has 0 aliphatic heterocycles. The summed E-state index contributed by atoms with van der Waals surface area (Å²) in [5, 5.41) is 10.4. The third-order valence-electron chi connectivity index (χ3n) is 2.08. The summed E-state index contributed by atoms with van der Waals surface area (Å²) >= 11 is 1.21. The average Bonchev–Trinajstić information content (AvgIpc) is 2.97. The second kappa shape index (κ2) is 4.42. The summed E-state index contributed by atoms with van der Waals surface area (Å²) in [6, 6.07) is 4.17. The van der Waals surface area contributed by atoms with Gasteiger partial charge in [-0.15, -0.1) is 11.3 Å². The minimum absolute atomic E-state index is 0.00639. The number of rotatable bonds is 4. The Balaban J connectivity index is 2.27. The van der Waals surface area contributed by atoms with Gasteiger partial charge in [-0.1, -0.05) is 0 Å². The highest BCUT2D eigenvalue weighted by atomic mass is 32.1. The van der Waals surface area contributed by atoms with Gasteiger partial charge in [-0.25, -0.2) is 4.79 Å². The molecule has 2 aromatic heterocycles. The number of carboxylic acid groups (broad SMARTS) is 1. The number of furan rings is 1. The van der Waals surface area contributed by atoms with Gasteiger partial charge in [0.25, 0.3) is 0 Å². The quantitative estimate of drug-likeness (QED) is 0.845. The largest absolute Gasteiger partial charge is 0.496 e. The Kier molecular flexibility index (Phi) is 2.97. The Morgan fingerprint density at radius 2 is 2.06 bits per heavy atom. The summed E-state index contributed by atoms with van der Waals surface area (Å²) in [6.07, 6.45) is 0. The SMILES string of the molecule is COc1csc(C(=O)c2ccc(C(=O)O)o2)c1. The molecule has 6 heteroatoms. The molecule has 0 spiro atoms. The highest BCUT2D eigenvalue weighted by Gasteiger charge is 2.18. The van der Waals surface area contributed by atoms with E-state index in [9.17, 15) is 9.59 Å². The van der Waals surface area contributed by atoms with Crippen LogP contribution >= 0.6 is 11.3 Å². The number of thiophene rings is 1. The van der Waals surface area contributed by atoms with E-state index in [4.69, 9.17) is 14.3 Å². The predicted molar refractivity (Wildman–Crippen MR) is 60.0 cm³/mol. The maximum absolute atomic E-state index is 11.9. The Labute approximate surface area is 100 Å². The molecule has 0 atom stereocenters. The van der Waals surface area contributed by atoms with Crippen LogP contribution in [0, 0.1) is 0 Å². The fourth-order valence-corrected chi connectivity index (χ4v) is 2.04. The van der Waals surface area contributed by atoms with Crippen molar-refractivity contribution in [2.24, 2.45) is 0 Å². The molecule has 0 amide bonds. The van der Waals surface area contributed by atoms with Gasteiger partial charge in [-0.2, -0.15) is 0 Å². The van der Waals surface area contributed by atoms with Gasteiger partial charge in [-0.3, -0.25) is 4.79 Å². The fourth-order valence-electron chi connectivity index (χ4n) is 1.24. The van der Waals surface area contributed by atoms with E-state index in [1.165, 1.54) is 30.6 Å². The Bertz CT molecular complexity index is 566. The lowest BCUT2D eigenvalue weighted by Crippen LogP contribution is -1.97. The van der Waals surface area contributed by atoms with E-state index in [2.05, 4.69) is 0 Å². The fraction of sp³-hybridized carbons (Fsp3) is 0.0909. The van der Waals surface area contributed by atoms with Crippen molar-refractivity contribution in [1.29, 1.82) is 0 Å². The monoisotopic (exact) mass is 252 g/mol. The molecule has 5 nitrogen and oxygen atoms in total. The third-order valence-corrected chi connectivity index (χ3v) is 2.98. The van der Waals surface area contributed by atoms with E-state index in [1.807, 2.05) is 0 Å². The van der Waals surface area contributed by atoms with Crippen LogP contribution in [0.4, 0.5) is 0 Å². The zero-order valence-corrected chi connectivity index (χ0v) is 9.61. The number of carbonyl (C=O) groups excluding carboxylic acids is 1. The van der Waals surface area contributed by atoms with Crippen LogP contribution < -0.4 is 4.74 Å². The van der Waals surface area contributed by atoms with Gasteiger partial charge in [0.2, 0.25) is 11.5 Å². The van der Waals surface area contributed by atoms with Gasteiger partial charge in [-0.05, 0) is 12.1 Å². The summed E-state index contributed by atoms with van der Waals surface area (Å²) in [4.78, 5) is 22.9. The molecule has 0 fully saturated rings. The Hall–Kier alpha value is -2.08. The number of methoxy groups -OCH3 is 1. The van der Waals surface area contributed by atoms with Gasteiger partial charge in [0.05, 0.1) is 12.0 Å². The van der Waals surface area contributed by atoms with Crippen molar-refractivity contribution in [1.82, 2.24) is 0 Å². The van der Waals surface area contributed by atoms with Crippen molar-refractivity contribution in [2.75, 3.05) is 7.11 Å². The molecule has 0 aliphatic carbocycles. The molecule has 2 aromatic rings. The molecule has 0 aliphatic rings. The number of carboxylic acids is 1. The first-order valence-electron chi connectivity index (χ1n) is 4.62. The molecule has 0 unspecified atom stereocenters. The number of aromatic carboxylic acids is 1. The van der Waals surface area contributed by atoms with E-state index in [-0.39, 0.29) is 17.3 Å². The lowest BCUT2D eigenvalue weighted by Gasteiger charge is -1.92. The first-order valence-corrected chi connectivity index (χ1v) is 5.50. The van der Waals surface area contributed by atoms with Crippen LogP contribution in [0.15, 0.2) is 28.0 Å². The lowest BCUT2D eigenvalue weighted by atomic mass is 10.2. The smallest absolute Gasteiger partial charge is 0.371 e. The zero-order chi connectivity index (χ0) is 12.4. The standard InChI is InChI=1S/C11H8O5S/c1-15-6-4-9(17-5-6)10(12)7-2-3-8(16-7)11(13)14/h2-5H,1H3,(H,13,14). The second-order valence-corrected chi connectivity index (χ2v) is 4.06. The maximum Gasteiger partial charge on any atom is 0.371 e. The van der Waals surface area contributed by atoms with Crippen molar-refractivity contribution in [2.45, 2.75) is 0 Å². The van der Waals surface area contributed by atoms with Crippen molar-refractivity contribution in [3.8, 4) is 5.75 Å². The molecule has 88 valence electrons. The summed E-state index contributed by atoms with van der Waals surface area (Å²) in [5.74, 6) is -1.22. The van der Waals surface area contributed by atoms with Gasteiger partial charge >= 0.3 is 5.97 Å². The molecule has 2 heterocycles. The summed E-state index contributed by atoms with van der Waals surface area (Å²) in [5.41, 5.74) is 0. The first-order chi connectivity index (χ1) is 8.11. The highest BCUT2D eigenvalue weighted by molar-refractivity contribution is 7.12. The van der Waals surface area contributed by atoms with Gasteiger partial charge in [0, 0.05) is 11.4 Å². The second-order valence-electron chi connectivity index (χ2n) is 3.15. The van der Waals surface area contributed by atoms with E-state index in [0.717, 1.165) is 0 Å². The number of ketones is 1. The van der Waals surface area contributed by atoms with Crippen LogP contribution in [0.3, 0.4) is 0 Å². The molecule has 0 radical (unpaired) electrons. The van der Waals surface area contributed by atoms with E-state index in [0.29, 0.717) is 10.6 Å². The Morgan fingerprint density at radius 1 is 1.35 bits per heavy atom. The minimum atomic E-state index is -1.20. The van der Waals surface area contributed by atoms with Crippen LogP contribution in [-0.4, -0.2) is 24.0 Å². The molecule has 1 N–H and O–H groups in total. The predicted octanol–water partition coefficient (Wildman–Crippen LogP) is 2.28. The molecule has 0 aromatic carbocycles. The van der Waals surface area contributed by atoms with E-state index in [1.54, 1.807) is 11.4 Å². The van der Waals surface area contributed by atoms with Gasteiger partial charge in [0.15, 0.2) is 5.76 Å². The van der Waals surface area contributed by atoms with E-state index >= 15 is 0 Å². The molecule has 0 bridgehead atoms. The van der Waals surface area contributed by atoms with Crippen LogP contribution in [-0.2, 0) is 0 Å². The highest BCUT2D eigenvalue weighted by Crippen LogP contribution is 2.24. The molecular formula is C11H8O5S. The van der Waals surface area contributed by atoms with Crippen molar-refractivity contribution < 1.29 is 23.8 Å². The molecular weight excluding hydrogens is 244 g/mol. The first kappa shape index (κ1) is 11.4.